The van der Waals surface area contributed by atoms with Crippen LogP contribution < -0.4 is 5.32 Å². The van der Waals surface area contributed by atoms with Gasteiger partial charge in [-0.2, -0.15) is 0 Å². The first-order valence-corrected chi connectivity index (χ1v) is 7.71. The van der Waals surface area contributed by atoms with E-state index in [-0.39, 0.29) is 12.5 Å². The third-order valence-corrected chi connectivity index (χ3v) is 3.71. The van der Waals surface area contributed by atoms with Gasteiger partial charge in [0.05, 0.1) is 0 Å². The van der Waals surface area contributed by atoms with E-state index in [0.717, 1.165) is 16.5 Å². The Balaban J connectivity index is 2.12. The number of amides is 1. The van der Waals surface area contributed by atoms with Gasteiger partial charge in [0, 0.05) is 43.6 Å². The van der Waals surface area contributed by atoms with Gasteiger partial charge in [0.25, 0.3) is 0 Å². The minimum absolute atomic E-state index is 0.0553. The molecule has 1 amide bonds. The standard InChI is InChI=1S/C14H18N3O4S/c1-20-9-14(18)15-6-5-10-8-16-13-4-3-11(7-12(10)13)17-22(19)21-2/h3-4,7-8,16H,5-6,9H2,1-2H3,(H,15,18)/q-1. The molecular weight excluding hydrogens is 306 g/mol. The van der Waals surface area contributed by atoms with Gasteiger partial charge in [0.2, 0.25) is 5.91 Å². The molecule has 1 aromatic heterocycles. The van der Waals surface area contributed by atoms with Gasteiger partial charge < -0.3 is 27.8 Å². The molecule has 0 aliphatic heterocycles. The molecular formula is C14H18N3O4S-. The van der Waals surface area contributed by atoms with Crippen molar-refractivity contribution >= 4 is 33.4 Å². The van der Waals surface area contributed by atoms with Crippen molar-refractivity contribution < 1.29 is 17.9 Å². The fourth-order valence-corrected chi connectivity index (χ4v) is 2.43. The lowest BCUT2D eigenvalue weighted by Gasteiger charge is -2.05. The van der Waals surface area contributed by atoms with Gasteiger partial charge in [-0.1, -0.05) is 10.9 Å². The van der Waals surface area contributed by atoms with Crippen LogP contribution in [0.4, 0.5) is 5.69 Å². The van der Waals surface area contributed by atoms with Gasteiger partial charge in [-0.3, -0.25) is 4.79 Å². The Morgan fingerprint density at radius 2 is 2.23 bits per heavy atom. The van der Waals surface area contributed by atoms with Crippen molar-refractivity contribution in [3.63, 3.8) is 0 Å². The van der Waals surface area contributed by atoms with Crippen LogP contribution in [0.2, 0.25) is 0 Å². The summed E-state index contributed by atoms with van der Waals surface area (Å²) in [5, 5.41) is 3.75. The van der Waals surface area contributed by atoms with E-state index in [4.69, 9.17) is 4.74 Å². The molecule has 1 aromatic carbocycles. The number of nitrogens with one attached hydrogen (secondary N) is 2. The van der Waals surface area contributed by atoms with Crippen molar-refractivity contribution in [1.82, 2.24) is 10.3 Å². The number of H-pyrrole nitrogens is 1. The molecule has 0 fully saturated rings. The van der Waals surface area contributed by atoms with Crippen molar-refractivity contribution in [3.8, 4) is 0 Å². The normalized spacial score (nSPS) is 12.6. The molecule has 1 heterocycles. The number of benzene rings is 1. The first-order valence-electron chi connectivity index (χ1n) is 6.67. The van der Waals surface area contributed by atoms with E-state index in [9.17, 15) is 9.00 Å². The summed E-state index contributed by atoms with van der Waals surface area (Å²) in [7, 11) is 1.13. The number of hydrogen-bond acceptors (Lipinski definition) is 6. The Bertz CT molecular complexity index is 735. The van der Waals surface area contributed by atoms with Crippen molar-refractivity contribution in [2.24, 2.45) is 4.36 Å². The van der Waals surface area contributed by atoms with E-state index in [1.807, 2.05) is 18.3 Å². The molecule has 0 bridgehead atoms. The van der Waals surface area contributed by atoms with Crippen LogP contribution in [0, 0.1) is 0 Å². The number of nitrogens with zero attached hydrogens (tertiary/aromatic N) is 1. The van der Waals surface area contributed by atoms with Gasteiger partial charge in [0.1, 0.15) is 6.61 Å². The lowest BCUT2D eigenvalue weighted by atomic mass is 10.1. The van der Waals surface area contributed by atoms with Crippen molar-refractivity contribution in [1.29, 1.82) is 0 Å². The number of fused-ring (bicyclic) bond motifs is 1. The number of carbonyl (C=O) groups is 1. The highest BCUT2D eigenvalue weighted by Gasteiger charge is 2.05. The Hall–Kier alpha value is -1.90. The van der Waals surface area contributed by atoms with Gasteiger partial charge >= 0.3 is 0 Å². The van der Waals surface area contributed by atoms with Crippen LogP contribution in [0.5, 0.6) is 0 Å². The highest BCUT2D eigenvalue weighted by Crippen LogP contribution is 2.24. The predicted octanol–water partition coefficient (Wildman–Crippen LogP) is 1.81. The number of methoxy groups -OCH3 is 1. The van der Waals surface area contributed by atoms with E-state index >= 15 is 0 Å². The SMILES string of the molecule is COCC(=O)NCCc1c[nH]c2ccc(N=[S-](=O)OC)cc12. The second kappa shape index (κ2) is 7.92. The zero-order valence-electron chi connectivity index (χ0n) is 12.4. The molecule has 0 unspecified atom stereocenters. The Morgan fingerprint density at radius 3 is 2.95 bits per heavy atom. The monoisotopic (exact) mass is 324 g/mol. The summed E-state index contributed by atoms with van der Waals surface area (Å²) in [5.41, 5.74) is 2.59. The fraction of sp³-hybridized carbons (Fsp3) is 0.357. The zero-order chi connectivity index (χ0) is 15.9. The smallest absolute Gasteiger partial charge is 0.245 e. The molecule has 0 aliphatic carbocycles. The highest BCUT2D eigenvalue weighted by molar-refractivity contribution is 7.69. The van der Waals surface area contributed by atoms with Gasteiger partial charge in [-0.25, -0.2) is 0 Å². The molecule has 0 saturated heterocycles. The summed E-state index contributed by atoms with van der Waals surface area (Å²) in [5.74, 6) is -0.145. The van der Waals surface area contributed by atoms with Crippen LogP contribution in [-0.4, -0.2) is 38.3 Å². The van der Waals surface area contributed by atoms with Crippen LogP contribution in [0.1, 0.15) is 5.56 Å². The first-order chi connectivity index (χ1) is 10.6. The van der Waals surface area contributed by atoms with Crippen molar-refractivity contribution in [3.05, 3.63) is 30.0 Å². The van der Waals surface area contributed by atoms with Crippen molar-refractivity contribution in [2.75, 3.05) is 27.4 Å². The first kappa shape index (κ1) is 16.5. The van der Waals surface area contributed by atoms with Gasteiger partial charge in [-0.05, 0) is 30.2 Å². The molecule has 0 spiro atoms. The number of aromatic nitrogens is 1. The summed E-state index contributed by atoms with van der Waals surface area (Å²) in [4.78, 5) is 14.5. The van der Waals surface area contributed by atoms with Gasteiger partial charge in [-0.15, -0.1) is 0 Å². The molecule has 2 aromatic rings. The highest BCUT2D eigenvalue weighted by atomic mass is 32.2. The molecule has 120 valence electrons. The molecule has 0 radical (unpaired) electrons. The lowest BCUT2D eigenvalue weighted by Crippen LogP contribution is -2.28. The minimum Gasteiger partial charge on any atom is -0.441 e. The molecule has 2 N–H and O–H groups in total. The van der Waals surface area contributed by atoms with E-state index in [1.54, 1.807) is 6.07 Å². The third kappa shape index (κ3) is 4.30. The van der Waals surface area contributed by atoms with E-state index in [0.29, 0.717) is 18.7 Å². The summed E-state index contributed by atoms with van der Waals surface area (Å²) in [6, 6.07) is 5.48. The maximum absolute atomic E-state index is 11.3. The Kier molecular flexibility index (Phi) is 5.93. The largest absolute Gasteiger partial charge is 0.441 e. The van der Waals surface area contributed by atoms with Crippen LogP contribution in [0.25, 0.3) is 10.9 Å². The Labute approximate surface area is 130 Å². The van der Waals surface area contributed by atoms with E-state index < -0.39 is 10.9 Å². The van der Waals surface area contributed by atoms with Crippen LogP contribution in [0.3, 0.4) is 0 Å². The maximum Gasteiger partial charge on any atom is 0.245 e. The summed E-state index contributed by atoms with van der Waals surface area (Å²) < 4.78 is 24.6. The van der Waals surface area contributed by atoms with Gasteiger partial charge in [0.15, 0.2) is 0 Å². The van der Waals surface area contributed by atoms with E-state index in [2.05, 4.69) is 18.8 Å². The third-order valence-electron chi connectivity index (χ3n) is 3.07. The van der Waals surface area contributed by atoms with Crippen LogP contribution in [0.15, 0.2) is 28.8 Å². The quantitative estimate of drug-likeness (QED) is 0.760. The Morgan fingerprint density at radius 1 is 1.41 bits per heavy atom. The lowest BCUT2D eigenvalue weighted by molar-refractivity contribution is -0.124. The minimum atomic E-state index is -1.69. The summed E-state index contributed by atoms with van der Waals surface area (Å²) >= 11 is 0. The zero-order valence-corrected chi connectivity index (χ0v) is 13.2. The molecule has 7 nitrogen and oxygen atoms in total. The second-order valence-electron chi connectivity index (χ2n) is 4.55. The average Bonchev–Trinajstić information content (AvgIpc) is 2.90. The topological polar surface area (TPSA) is 92.8 Å². The summed E-state index contributed by atoms with van der Waals surface area (Å²) in [6.07, 6.45) is 2.57. The van der Waals surface area contributed by atoms with Crippen LogP contribution in [-0.2, 0) is 35.2 Å². The number of ether oxygens (including phenoxy) is 1. The molecule has 8 heteroatoms. The second-order valence-corrected chi connectivity index (χ2v) is 5.50. The maximum atomic E-state index is 11.3. The molecule has 0 aliphatic rings. The number of hydrogen-bond donors (Lipinski definition) is 2. The number of rotatable bonds is 7. The fourth-order valence-electron chi connectivity index (χ4n) is 2.07. The van der Waals surface area contributed by atoms with Crippen molar-refractivity contribution in [2.45, 2.75) is 6.42 Å². The average molecular weight is 324 g/mol. The van der Waals surface area contributed by atoms with E-state index in [1.165, 1.54) is 14.2 Å². The van der Waals surface area contributed by atoms with Crippen LogP contribution >= 0.6 is 0 Å². The summed E-state index contributed by atoms with van der Waals surface area (Å²) in [6.45, 7) is 0.570. The molecule has 2 rings (SSSR count). The number of aromatic amines is 1. The predicted molar refractivity (Wildman–Crippen MR) is 84.0 cm³/mol. The molecule has 22 heavy (non-hydrogen) atoms. The molecule has 0 saturated carbocycles. The number of carbonyl (C=O) groups excluding carboxylic acids is 1. The molecule has 0 atom stereocenters.